The van der Waals surface area contributed by atoms with Crippen molar-refractivity contribution in [2.75, 3.05) is 24.0 Å². The molecule has 3 aromatic carbocycles. The van der Waals surface area contributed by atoms with Crippen LogP contribution in [0.2, 0.25) is 10.0 Å². The maximum absolute atomic E-state index is 13.9. The lowest BCUT2D eigenvalue weighted by Gasteiger charge is -2.32. The molecule has 0 heterocycles. The molecule has 1 N–H and O–H groups in total. The molecule has 0 saturated heterocycles. The standard InChI is InChI=1S/C29H33Cl2N3O5S/c1-4-18-32-29(36)21(3)33(19-22-8-6-7-9-27(22)31)28(35)20-34(24-12-14-25(15-13-24)39-5-2)40(37,38)26-16-10-23(30)11-17-26/h6-17,21H,4-5,18-20H2,1-3H3,(H,32,36)/t21-/m0/s1. The summed E-state index contributed by atoms with van der Waals surface area (Å²) in [6.45, 7) is 5.71. The molecule has 0 aliphatic rings. The van der Waals surface area contributed by atoms with E-state index in [9.17, 15) is 18.0 Å². The largest absolute Gasteiger partial charge is 0.494 e. The second-order valence-electron chi connectivity index (χ2n) is 8.97. The van der Waals surface area contributed by atoms with Gasteiger partial charge in [-0.1, -0.05) is 48.3 Å². The van der Waals surface area contributed by atoms with Crippen molar-refractivity contribution < 1.29 is 22.7 Å². The zero-order chi connectivity index (χ0) is 29.3. The minimum absolute atomic E-state index is 0.0112. The number of amides is 2. The molecule has 3 aromatic rings. The Hall–Kier alpha value is -3.27. The van der Waals surface area contributed by atoms with Crippen molar-refractivity contribution in [1.82, 2.24) is 10.2 Å². The van der Waals surface area contributed by atoms with Gasteiger partial charge in [-0.05, 0) is 80.4 Å². The fourth-order valence-electron chi connectivity index (χ4n) is 3.93. The summed E-state index contributed by atoms with van der Waals surface area (Å²) in [5.74, 6) is -0.371. The van der Waals surface area contributed by atoms with Crippen molar-refractivity contribution in [2.45, 2.75) is 44.7 Å². The predicted molar refractivity (Wildman–Crippen MR) is 158 cm³/mol. The number of nitrogens with one attached hydrogen (secondary N) is 1. The molecule has 1 atom stereocenters. The summed E-state index contributed by atoms with van der Waals surface area (Å²) in [7, 11) is -4.21. The summed E-state index contributed by atoms with van der Waals surface area (Å²) in [6.07, 6.45) is 0.724. The number of hydrogen-bond donors (Lipinski definition) is 1. The zero-order valence-electron chi connectivity index (χ0n) is 22.6. The number of sulfonamides is 1. The summed E-state index contributed by atoms with van der Waals surface area (Å²) < 4.78 is 34.2. The van der Waals surface area contributed by atoms with Gasteiger partial charge in [-0.15, -0.1) is 0 Å². The summed E-state index contributed by atoms with van der Waals surface area (Å²) >= 11 is 12.4. The Kier molecular flexibility index (Phi) is 11.2. The van der Waals surface area contributed by atoms with Crippen molar-refractivity contribution >= 4 is 50.7 Å². The number of rotatable bonds is 13. The lowest BCUT2D eigenvalue weighted by atomic mass is 10.1. The van der Waals surface area contributed by atoms with Crippen LogP contribution in [0.5, 0.6) is 5.75 Å². The SMILES string of the molecule is CCCNC(=O)[C@H](C)N(Cc1ccccc1Cl)C(=O)CN(c1ccc(OCC)cc1)S(=O)(=O)c1ccc(Cl)cc1. The van der Waals surface area contributed by atoms with Gasteiger partial charge in [-0.25, -0.2) is 8.42 Å². The molecule has 0 aliphatic heterocycles. The molecule has 40 heavy (non-hydrogen) atoms. The molecule has 0 unspecified atom stereocenters. The zero-order valence-corrected chi connectivity index (χ0v) is 25.0. The highest BCUT2D eigenvalue weighted by atomic mass is 35.5. The van der Waals surface area contributed by atoms with E-state index in [0.717, 1.165) is 10.7 Å². The van der Waals surface area contributed by atoms with Gasteiger partial charge in [0.15, 0.2) is 0 Å². The molecular formula is C29H33Cl2N3O5S. The number of ether oxygens (including phenoxy) is 1. The van der Waals surface area contributed by atoms with Gasteiger partial charge < -0.3 is 15.0 Å². The second-order valence-corrected chi connectivity index (χ2v) is 11.7. The van der Waals surface area contributed by atoms with E-state index in [4.69, 9.17) is 27.9 Å². The van der Waals surface area contributed by atoms with Crippen LogP contribution in [0.4, 0.5) is 5.69 Å². The Labute approximate surface area is 245 Å². The van der Waals surface area contributed by atoms with Crippen molar-refractivity contribution in [3.63, 3.8) is 0 Å². The van der Waals surface area contributed by atoms with Gasteiger partial charge in [0.05, 0.1) is 17.2 Å². The third-order valence-electron chi connectivity index (χ3n) is 6.13. The van der Waals surface area contributed by atoms with Gasteiger partial charge in [-0.3, -0.25) is 13.9 Å². The van der Waals surface area contributed by atoms with Crippen LogP contribution < -0.4 is 14.4 Å². The van der Waals surface area contributed by atoms with E-state index in [1.54, 1.807) is 55.5 Å². The average molecular weight is 607 g/mol. The Bertz CT molecular complexity index is 1400. The van der Waals surface area contributed by atoms with Crippen LogP contribution in [-0.4, -0.2) is 50.9 Å². The van der Waals surface area contributed by atoms with Crippen molar-refractivity contribution in [2.24, 2.45) is 0 Å². The van der Waals surface area contributed by atoms with Crippen molar-refractivity contribution in [3.8, 4) is 5.75 Å². The molecule has 0 spiro atoms. The Morgan fingerprint density at radius 2 is 1.60 bits per heavy atom. The molecule has 214 valence electrons. The fourth-order valence-corrected chi connectivity index (χ4v) is 5.66. The topological polar surface area (TPSA) is 96.0 Å². The number of anilines is 1. The summed E-state index contributed by atoms with van der Waals surface area (Å²) in [4.78, 5) is 28.1. The van der Waals surface area contributed by atoms with Crippen LogP contribution in [-0.2, 0) is 26.2 Å². The number of carbonyl (C=O) groups is 2. The van der Waals surface area contributed by atoms with Gasteiger partial charge in [0, 0.05) is 23.1 Å². The molecule has 3 rings (SSSR count). The van der Waals surface area contributed by atoms with E-state index in [0.29, 0.717) is 34.5 Å². The third kappa shape index (κ3) is 7.90. The van der Waals surface area contributed by atoms with Crippen LogP contribution in [0, 0.1) is 0 Å². The Morgan fingerprint density at radius 1 is 0.950 bits per heavy atom. The van der Waals surface area contributed by atoms with E-state index in [1.165, 1.54) is 29.2 Å². The van der Waals surface area contributed by atoms with E-state index in [1.807, 2.05) is 13.8 Å². The van der Waals surface area contributed by atoms with Crippen molar-refractivity contribution in [1.29, 1.82) is 0 Å². The average Bonchev–Trinajstić information content (AvgIpc) is 2.94. The van der Waals surface area contributed by atoms with E-state index < -0.39 is 28.5 Å². The summed E-state index contributed by atoms with van der Waals surface area (Å²) in [6, 6.07) is 18.2. The highest BCUT2D eigenvalue weighted by Crippen LogP contribution is 2.28. The normalized spacial score (nSPS) is 11.9. The van der Waals surface area contributed by atoms with Crippen LogP contribution in [0.15, 0.2) is 77.7 Å². The maximum Gasteiger partial charge on any atom is 0.264 e. The number of benzene rings is 3. The summed E-state index contributed by atoms with van der Waals surface area (Å²) in [5.41, 5.74) is 0.883. The van der Waals surface area contributed by atoms with Gasteiger partial charge in [0.1, 0.15) is 18.3 Å². The molecule has 0 bridgehead atoms. The number of hydrogen-bond acceptors (Lipinski definition) is 5. The smallest absolute Gasteiger partial charge is 0.264 e. The van der Waals surface area contributed by atoms with E-state index in [2.05, 4.69) is 5.32 Å². The quantitative estimate of drug-likeness (QED) is 0.276. The second kappa shape index (κ2) is 14.4. The van der Waals surface area contributed by atoms with Gasteiger partial charge in [0.2, 0.25) is 11.8 Å². The van der Waals surface area contributed by atoms with Crippen molar-refractivity contribution in [3.05, 3.63) is 88.4 Å². The first-order chi connectivity index (χ1) is 19.1. The number of halogens is 2. The lowest BCUT2D eigenvalue weighted by molar-refractivity contribution is -0.139. The van der Waals surface area contributed by atoms with E-state index in [-0.39, 0.29) is 23.0 Å². The maximum atomic E-state index is 13.9. The molecule has 0 aromatic heterocycles. The highest BCUT2D eigenvalue weighted by molar-refractivity contribution is 7.92. The van der Waals surface area contributed by atoms with Gasteiger partial charge in [0.25, 0.3) is 10.0 Å². The van der Waals surface area contributed by atoms with Gasteiger partial charge in [-0.2, -0.15) is 0 Å². The molecule has 0 aliphatic carbocycles. The molecule has 0 fully saturated rings. The first-order valence-corrected chi connectivity index (χ1v) is 15.1. The fraction of sp³-hybridized carbons (Fsp3) is 0.310. The molecular weight excluding hydrogens is 573 g/mol. The molecule has 0 radical (unpaired) electrons. The molecule has 0 saturated carbocycles. The monoisotopic (exact) mass is 605 g/mol. The van der Waals surface area contributed by atoms with Crippen LogP contribution in [0.1, 0.15) is 32.8 Å². The van der Waals surface area contributed by atoms with Gasteiger partial charge >= 0.3 is 0 Å². The molecule has 8 nitrogen and oxygen atoms in total. The lowest BCUT2D eigenvalue weighted by Crippen LogP contribution is -2.51. The number of nitrogens with zero attached hydrogens (tertiary/aromatic N) is 2. The summed E-state index contributed by atoms with van der Waals surface area (Å²) in [5, 5.41) is 3.61. The minimum Gasteiger partial charge on any atom is -0.494 e. The third-order valence-corrected chi connectivity index (χ3v) is 8.54. The first kappa shape index (κ1) is 31.3. The Morgan fingerprint density at radius 3 is 2.20 bits per heavy atom. The molecule has 11 heteroatoms. The van der Waals surface area contributed by atoms with E-state index >= 15 is 0 Å². The Balaban J connectivity index is 2.03. The predicted octanol–water partition coefficient (Wildman–Crippen LogP) is 5.53. The first-order valence-electron chi connectivity index (χ1n) is 12.9. The van der Waals surface area contributed by atoms with Crippen LogP contribution in [0.3, 0.4) is 0 Å². The van der Waals surface area contributed by atoms with Crippen LogP contribution in [0.25, 0.3) is 0 Å². The highest BCUT2D eigenvalue weighted by Gasteiger charge is 2.32. The number of carbonyl (C=O) groups excluding carboxylic acids is 2. The van der Waals surface area contributed by atoms with Crippen LogP contribution >= 0.6 is 23.2 Å². The molecule has 2 amide bonds. The minimum atomic E-state index is -4.21.